The van der Waals surface area contributed by atoms with Crippen LogP contribution in [-0.2, 0) is 5.41 Å². The molecule has 3 heteroatoms. The highest BCUT2D eigenvalue weighted by Gasteiger charge is 2.34. The quantitative estimate of drug-likeness (QED) is 0.221. The minimum absolute atomic E-state index is 0.0843. The molecule has 5 aromatic carbocycles. The van der Waals surface area contributed by atoms with Crippen molar-refractivity contribution >= 4 is 39.0 Å². The number of aromatic nitrogens is 2. The third-order valence-corrected chi connectivity index (χ3v) is 8.86. The minimum Gasteiger partial charge on any atom is -0.309 e. The lowest BCUT2D eigenvalue weighted by molar-refractivity contribution is 0.630. The Balaban J connectivity index is 1.38. The van der Waals surface area contributed by atoms with E-state index in [2.05, 4.69) is 158 Å². The zero-order valence-electron chi connectivity index (χ0n) is 24.0. The van der Waals surface area contributed by atoms with E-state index in [0.29, 0.717) is 0 Å². The number of anilines is 3. The molecule has 0 amide bonds. The van der Waals surface area contributed by atoms with Gasteiger partial charge in [0.1, 0.15) is 5.82 Å². The maximum atomic E-state index is 4.89. The molecule has 0 radical (unpaired) electrons. The van der Waals surface area contributed by atoms with Crippen LogP contribution in [0.5, 0.6) is 0 Å². The summed E-state index contributed by atoms with van der Waals surface area (Å²) in [5.74, 6) is 0.894. The average molecular weight is 542 g/mol. The number of hydrogen-bond acceptors (Lipinski definition) is 2. The van der Waals surface area contributed by atoms with Crippen molar-refractivity contribution in [1.29, 1.82) is 0 Å². The van der Waals surface area contributed by atoms with Gasteiger partial charge in [0.05, 0.1) is 16.7 Å². The number of pyridine rings is 1. The van der Waals surface area contributed by atoms with E-state index < -0.39 is 0 Å². The standard InChI is InChI=1S/C39H31N3/c1-26-19-22-37(40-25-26)41(29-14-9-13-28(23-29)27-11-5-4-6-12-27)30-20-21-35-32(24-30)31-15-10-17-34-38(31)42(35)36-18-8-7-16-33(36)39(34,2)3/h4-25H,1-3H3. The molecule has 0 aliphatic carbocycles. The summed E-state index contributed by atoms with van der Waals surface area (Å²) in [5.41, 5.74) is 12.1. The molecule has 0 N–H and O–H groups in total. The van der Waals surface area contributed by atoms with Gasteiger partial charge in [-0.3, -0.25) is 4.90 Å². The van der Waals surface area contributed by atoms with Gasteiger partial charge in [0.2, 0.25) is 0 Å². The Kier molecular flexibility index (Phi) is 5.39. The van der Waals surface area contributed by atoms with E-state index in [-0.39, 0.29) is 5.41 Å². The predicted molar refractivity (Wildman–Crippen MR) is 176 cm³/mol. The monoisotopic (exact) mass is 541 g/mol. The van der Waals surface area contributed by atoms with Crippen LogP contribution in [0.3, 0.4) is 0 Å². The Bertz CT molecular complexity index is 2120. The lowest BCUT2D eigenvalue weighted by Gasteiger charge is -2.34. The largest absolute Gasteiger partial charge is 0.309 e. The summed E-state index contributed by atoms with van der Waals surface area (Å²) >= 11 is 0. The van der Waals surface area contributed by atoms with Gasteiger partial charge in [0, 0.05) is 33.8 Å². The first kappa shape index (κ1) is 24.6. The Labute approximate surface area is 246 Å². The second-order valence-electron chi connectivity index (χ2n) is 11.8. The van der Waals surface area contributed by atoms with E-state index >= 15 is 0 Å². The van der Waals surface area contributed by atoms with Gasteiger partial charge >= 0.3 is 0 Å². The Morgan fingerprint density at radius 3 is 2.19 bits per heavy atom. The molecule has 202 valence electrons. The van der Waals surface area contributed by atoms with E-state index in [1.165, 1.54) is 49.7 Å². The van der Waals surface area contributed by atoms with E-state index in [4.69, 9.17) is 4.98 Å². The number of para-hydroxylation sites is 2. The van der Waals surface area contributed by atoms with Crippen LogP contribution in [0.25, 0.3) is 38.6 Å². The maximum Gasteiger partial charge on any atom is 0.137 e. The molecule has 3 heterocycles. The van der Waals surface area contributed by atoms with Gasteiger partial charge in [-0.25, -0.2) is 4.98 Å². The van der Waals surface area contributed by atoms with E-state index in [1.54, 1.807) is 0 Å². The first-order valence-corrected chi connectivity index (χ1v) is 14.6. The van der Waals surface area contributed by atoms with Crippen molar-refractivity contribution < 1.29 is 0 Å². The number of hydrogen-bond donors (Lipinski definition) is 0. The molecule has 8 rings (SSSR count). The number of rotatable bonds is 4. The fourth-order valence-electron chi connectivity index (χ4n) is 6.75. The van der Waals surface area contributed by atoms with Crippen LogP contribution in [0.2, 0.25) is 0 Å². The molecule has 0 fully saturated rings. The lowest BCUT2D eigenvalue weighted by Crippen LogP contribution is -2.26. The van der Waals surface area contributed by atoms with Crippen molar-refractivity contribution in [2.75, 3.05) is 4.90 Å². The smallest absolute Gasteiger partial charge is 0.137 e. The van der Waals surface area contributed by atoms with Crippen LogP contribution >= 0.6 is 0 Å². The molecule has 1 aliphatic heterocycles. The molecule has 0 bridgehead atoms. The number of nitrogens with zero attached hydrogens (tertiary/aromatic N) is 3. The van der Waals surface area contributed by atoms with Crippen LogP contribution in [-0.4, -0.2) is 9.55 Å². The molecule has 0 atom stereocenters. The zero-order chi connectivity index (χ0) is 28.4. The fourth-order valence-corrected chi connectivity index (χ4v) is 6.75. The third-order valence-electron chi connectivity index (χ3n) is 8.86. The van der Waals surface area contributed by atoms with Gasteiger partial charge in [0.15, 0.2) is 0 Å². The molecule has 3 nitrogen and oxygen atoms in total. The van der Waals surface area contributed by atoms with Crippen molar-refractivity contribution in [2.24, 2.45) is 0 Å². The second-order valence-corrected chi connectivity index (χ2v) is 11.8. The first-order chi connectivity index (χ1) is 20.5. The molecule has 42 heavy (non-hydrogen) atoms. The lowest BCUT2D eigenvalue weighted by atomic mass is 9.75. The molecule has 0 saturated carbocycles. The number of benzene rings is 5. The van der Waals surface area contributed by atoms with Gasteiger partial charge < -0.3 is 4.57 Å². The predicted octanol–water partition coefficient (Wildman–Crippen LogP) is 10.3. The highest BCUT2D eigenvalue weighted by Crippen LogP contribution is 2.48. The van der Waals surface area contributed by atoms with E-state index in [1.807, 2.05) is 6.20 Å². The van der Waals surface area contributed by atoms with E-state index in [9.17, 15) is 0 Å². The third kappa shape index (κ3) is 3.63. The topological polar surface area (TPSA) is 21.1 Å². The van der Waals surface area contributed by atoms with Gasteiger partial charge in [0.25, 0.3) is 0 Å². The highest BCUT2D eigenvalue weighted by atomic mass is 15.2. The fraction of sp³-hybridized carbons (Fsp3) is 0.103. The first-order valence-electron chi connectivity index (χ1n) is 14.6. The van der Waals surface area contributed by atoms with Crippen LogP contribution in [0.15, 0.2) is 134 Å². The summed E-state index contributed by atoms with van der Waals surface area (Å²) in [6, 6.07) is 46.0. The van der Waals surface area contributed by atoms with Crippen molar-refractivity contribution in [1.82, 2.24) is 9.55 Å². The Hall–Kier alpha value is -5.15. The Morgan fingerprint density at radius 1 is 0.619 bits per heavy atom. The molecule has 7 aromatic rings. The summed E-state index contributed by atoms with van der Waals surface area (Å²) in [6.45, 7) is 6.77. The van der Waals surface area contributed by atoms with E-state index in [0.717, 1.165) is 22.8 Å². The average Bonchev–Trinajstić information content (AvgIpc) is 3.36. The molecule has 0 unspecified atom stereocenters. The van der Waals surface area contributed by atoms with Crippen LogP contribution in [0.1, 0.15) is 30.5 Å². The summed E-state index contributed by atoms with van der Waals surface area (Å²) in [5, 5.41) is 2.52. The summed E-state index contributed by atoms with van der Waals surface area (Å²) in [4.78, 5) is 7.16. The normalized spacial score (nSPS) is 13.3. The molecule has 2 aromatic heterocycles. The minimum atomic E-state index is -0.0843. The van der Waals surface area contributed by atoms with Gasteiger partial charge in [-0.2, -0.15) is 0 Å². The van der Waals surface area contributed by atoms with Crippen molar-refractivity contribution in [3.63, 3.8) is 0 Å². The maximum absolute atomic E-state index is 4.89. The van der Waals surface area contributed by atoms with Crippen LogP contribution in [0.4, 0.5) is 17.2 Å². The van der Waals surface area contributed by atoms with Crippen molar-refractivity contribution in [3.05, 3.63) is 150 Å². The van der Waals surface area contributed by atoms with Gasteiger partial charge in [-0.05, 0) is 77.2 Å². The molecule has 0 spiro atoms. The highest BCUT2D eigenvalue weighted by molar-refractivity contribution is 6.12. The number of fused-ring (bicyclic) bond motifs is 5. The van der Waals surface area contributed by atoms with Crippen molar-refractivity contribution in [2.45, 2.75) is 26.2 Å². The van der Waals surface area contributed by atoms with Crippen LogP contribution in [0, 0.1) is 6.92 Å². The number of aryl methyl sites for hydroxylation is 1. The Morgan fingerprint density at radius 2 is 1.36 bits per heavy atom. The van der Waals surface area contributed by atoms with Gasteiger partial charge in [-0.1, -0.05) is 98.8 Å². The van der Waals surface area contributed by atoms with Crippen molar-refractivity contribution in [3.8, 4) is 16.8 Å². The zero-order valence-corrected chi connectivity index (χ0v) is 24.0. The molecule has 0 saturated heterocycles. The summed E-state index contributed by atoms with van der Waals surface area (Å²) < 4.78 is 2.47. The molecular weight excluding hydrogens is 510 g/mol. The summed E-state index contributed by atoms with van der Waals surface area (Å²) in [7, 11) is 0. The second kappa shape index (κ2) is 9.19. The summed E-state index contributed by atoms with van der Waals surface area (Å²) in [6.07, 6.45) is 1.95. The molecule has 1 aliphatic rings. The SMILES string of the molecule is Cc1ccc(N(c2cccc(-c3ccccc3)c2)c2ccc3c(c2)c2cccc4c2n3-c2ccccc2C4(C)C)nc1. The van der Waals surface area contributed by atoms with Gasteiger partial charge in [-0.15, -0.1) is 0 Å². The van der Waals surface area contributed by atoms with Crippen LogP contribution < -0.4 is 4.90 Å². The molecular formula is C39H31N3.